The number of rotatable bonds is 5. The zero-order chi connectivity index (χ0) is 13.8. The molecule has 19 heavy (non-hydrogen) atoms. The molecule has 0 N–H and O–H groups in total. The van der Waals surface area contributed by atoms with E-state index in [0.717, 1.165) is 16.5 Å². The fourth-order valence-corrected chi connectivity index (χ4v) is 2.10. The molecular formula is C16H18O3. The monoisotopic (exact) mass is 258 g/mol. The number of fused-ring (bicyclic) bond motifs is 1. The van der Waals surface area contributed by atoms with Gasteiger partial charge in [0.2, 0.25) is 0 Å². The van der Waals surface area contributed by atoms with Crippen LogP contribution in [0.5, 0.6) is 11.5 Å². The first-order valence-corrected chi connectivity index (χ1v) is 6.50. The van der Waals surface area contributed by atoms with Crippen molar-refractivity contribution >= 4 is 16.6 Å². The maximum Gasteiger partial charge on any atom is 0.159 e. The average molecular weight is 258 g/mol. The van der Waals surface area contributed by atoms with E-state index in [1.165, 1.54) is 0 Å². The molecule has 0 spiro atoms. The van der Waals surface area contributed by atoms with E-state index in [4.69, 9.17) is 9.47 Å². The summed E-state index contributed by atoms with van der Waals surface area (Å²) in [5.74, 6) is 1.53. The summed E-state index contributed by atoms with van der Waals surface area (Å²) in [4.78, 5) is 11.6. The molecule has 2 aromatic carbocycles. The molecule has 0 unspecified atom stereocenters. The molecule has 0 bridgehead atoms. The van der Waals surface area contributed by atoms with Gasteiger partial charge in [0, 0.05) is 5.56 Å². The lowest BCUT2D eigenvalue weighted by atomic mass is 10.0. The first-order chi connectivity index (χ1) is 9.17. The third-order valence-electron chi connectivity index (χ3n) is 2.91. The Labute approximate surface area is 113 Å². The van der Waals surface area contributed by atoms with Crippen LogP contribution in [0.3, 0.4) is 0 Å². The molecule has 0 aliphatic heterocycles. The van der Waals surface area contributed by atoms with Crippen molar-refractivity contribution in [1.29, 1.82) is 0 Å². The average Bonchev–Trinajstić information content (AvgIpc) is 2.39. The molecule has 3 heteroatoms. The molecule has 0 aliphatic rings. The van der Waals surface area contributed by atoms with Crippen molar-refractivity contribution < 1.29 is 14.3 Å². The summed E-state index contributed by atoms with van der Waals surface area (Å²) in [6, 6.07) is 9.47. The molecule has 0 saturated heterocycles. The maximum absolute atomic E-state index is 11.6. The molecule has 0 atom stereocenters. The molecule has 0 fully saturated rings. The van der Waals surface area contributed by atoms with Crippen LogP contribution in [-0.2, 0) is 0 Å². The lowest BCUT2D eigenvalue weighted by Gasteiger charge is -2.13. The van der Waals surface area contributed by atoms with Gasteiger partial charge in [-0.25, -0.2) is 0 Å². The van der Waals surface area contributed by atoms with Crippen molar-refractivity contribution in [2.24, 2.45) is 0 Å². The molecular weight excluding hydrogens is 240 g/mol. The summed E-state index contributed by atoms with van der Waals surface area (Å²) in [5.41, 5.74) is 0.657. The van der Waals surface area contributed by atoms with Crippen molar-refractivity contribution in [2.75, 3.05) is 13.2 Å². The second kappa shape index (κ2) is 5.74. The van der Waals surface area contributed by atoms with E-state index in [0.29, 0.717) is 24.5 Å². The third kappa shape index (κ3) is 2.70. The molecule has 3 nitrogen and oxygen atoms in total. The van der Waals surface area contributed by atoms with Gasteiger partial charge < -0.3 is 9.47 Å². The van der Waals surface area contributed by atoms with E-state index in [1.807, 2.05) is 38.1 Å². The van der Waals surface area contributed by atoms with Crippen molar-refractivity contribution in [3.05, 3.63) is 35.9 Å². The summed E-state index contributed by atoms with van der Waals surface area (Å²) >= 11 is 0. The minimum absolute atomic E-state index is 0.0321. The summed E-state index contributed by atoms with van der Waals surface area (Å²) < 4.78 is 11.3. The quantitative estimate of drug-likeness (QED) is 0.764. The Hall–Kier alpha value is -2.03. The molecule has 0 aromatic heterocycles. The van der Waals surface area contributed by atoms with Gasteiger partial charge in [0.15, 0.2) is 5.78 Å². The smallest absolute Gasteiger partial charge is 0.159 e. The SMILES string of the molecule is CCOc1cccc2cc(C(C)=O)cc(OCC)c12. The van der Waals surface area contributed by atoms with Crippen molar-refractivity contribution in [3.63, 3.8) is 0 Å². The number of carbonyl (C=O) groups excluding carboxylic acids is 1. The minimum Gasteiger partial charge on any atom is -0.493 e. The van der Waals surface area contributed by atoms with E-state index < -0.39 is 0 Å². The van der Waals surface area contributed by atoms with E-state index in [-0.39, 0.29) is 5.78 Å². The summed E-state index contributed by atoms with van der Waals surface area (Å²) in [6.07, 6.45) is 0. The summed E-state index contributed by atoms with van der Waals surface area (Å²) in [6.45, 7) is 6.58. The minimum atomic E-state index is 0.0321. The highest BCUT2D eigenvalue weighted by Crippen LogP contribution is 2.35. The Kier molecular flexibility index (Phi) is 4.05. The molecule has 100 valence electrons. The van der Waals surface area contributed by atoms with Crippen LogP contribution in [0.2, 0.25) is 0 Å². The number of ether oxygens (including phenoxy) is 2. The van der Waals surface area contributed by atoms with Crippen LogP contribution in [-0.4, -0.2) is 19.0 Å². The normalized spacial score (nSPS) is 10.5. The van der Waals surface area contributed by atoms with Gasteiger partial charge in [-0.15, -0.1) is 0 Å². The van der Waals surface area contributed by atoms with Crippen LogP contribution in [0.4, 0.5) is 0 Å². The Bertz CT molecular complexity index is 602. The lowest BCUT2D eigenvalue weighted by Crippen LogP contribution is -2.00. The Morgan fingerprint density at radius 1 is 1.05 bits per heavy atom. The van der Waals surface area contributed by atoms with E-state index in [9.17, 15) is 4.79 Å². The van der Waals surface area contributed by atoms with Gasteiger partial charge >= 0.3 is 0 Å². The summed E-state index contributed by atoms with van der Waals surface area (Å²) in [5, 5.41) is 1.89. The second-order valence-corrected chi connectivity index (χ2v) is 4.25. The predicted molar refractivity (Wildman–Crippen MR) is 76.3 cm³/mol. The van der Waals surface area contributed by atoms with Gasteiger partial charge in [-0.2, -0.15) is 0 Å². The second-order valence-electron chi connectivity index (χ2n) is 4.25. The van der Waals surface area contributed by atoms with Crippen molar-refractivity contribution in [1.82, 2.24) is 0 Å². The fraction of sp³-hybridized carbons (Fsp3) is 0.312. The van der Waals surface area contributed by atoms with Gasteiger partial charge in [-0.3, -0.25) is 4.79 Å². The van der Waals surface area contributed by atoms with Gasteiger partial charge in [-0.1, -0.05) is 12.1 Å². The molecule has 0 amide bonds. The number of ketones is 1. The molecule has 2 rings (SSSR count). The number of carbonyl (C=O) groups is 1. The molecule has 0 aliphatic carbocycles. The Morgan fingerprint density at radius 2 is 1.74 bits per heavy atom. The van der Waals surface area contributed by atoms with E-state index in [2.05, 4.69) is 0 Å². The maximum atomic E-state index is 11.6. The highest BCUT2D eigenvalue weighted by atomic mass is 16.5. The largest absolute Gasteiger partial charge is 0.493 e. The van der Waals surface area contributed by atoms with Crippen molar-refractivity contribution in [3.8, 4) is 11.5 Å². The zero-order valence-corrected chi connectivity index (χ0v) is 11.5. The number of benzene rings is 2. The highest BCUT2D eigenvalue weighted by Gasteiger charge is 2.12. The van der Waals surface area contributed by atoms with Crippen molar-refractivity contribution in [2.45, 2.75) is 20.8 Å². The number of hydrogen-bond donors (Lipinski definition) is 0. The van der Waals surface area contributed by atoms with Crippen LogP contribution in [0.25, 0.3) is 10.8 Å². The Balaban J connectivity index is 2.71. The van der Waals surface area contributed by atoms with Gasteiger partial charge in [0.05, 0.1) is 18.6 Å². The third-order valence-corrected chi connectivity index (χ3v) is 2.91. The topological polar surface area (TPSA) is 35.5 Å². The van der Waals surface area contributed by atoms with Crippen LogP contribution in [0.1, 0.15) is 31.1 Å². The van der Waals surface area contributed by atoms with Gasteiger partial charge in [0.25, 0.3) is 0 Å². The molecule has 0 saturated carbocycles. The van der Waals surface area contributed by atoms with Crippen LogP contribution in [0, 0.1) is 0 Å². The highest BCUT2D eigenvalue weighted by molar-refractivity contribution is 6.02. The lowest BCUT2D eigenvalue weighted by molar-refractivity contribution is 0.101. The Morgan fingerprint density at radius 3 is 2.37 bits per heavy atom. The van der Waals surface area contributed by atoms with Gasteiger partial charge in [0.1, 0.15) is 11.5 Å². The molecule has 0 heterocycles. The van der Waals surface area contributed by atoms with E-state index >= 15 is 0 Å². The number of hydrogen-bond acceptors (Lipinski definition) is 3. The standard InChI is InChI=1S/C16H18O3/c1-4-18-14-8-6-7-12-9-13(11(3)17)10-15(16(12)14)19-5-2/h6-10H,4-5H2,1-3H3. The van der Waals surface area contributed by atoms with Crippen LogP contribution in [0.15, 0.2) is 30.3 Å². The zero-order valence-electron chi connectivity index (χ0n) is 11.5. The predicted octanol–water partition coefficient (Wildman–Crippen LogP) is 3.84. The summed E-state index contributed by atoms with van der Waals surface area (Å²) in [7, 11) is 0. The molecule has 0 radical (unpaired) electrons. The molecule has 2 aromatic rings. The first kappa shape index (κ1) is 13.4. The first-order valence-electron chi connectivity index (χ1n) is 6.50. The van der Waals surface area contributed by atoms with Crippen LogP contribution >= 0.6 is 0 Å². The van der Waals surface area contributed by atoms with Crippen LogP contribution < -0.4 is 9.47 Å². The van der Waals surface area contributed by atoms with E-state index in [1.54, 1.807) is 13.0 Å². The van der Waals surface area contributed by atoms with Gasteiger partial charge in [-0.05, 0) is 44.4 Å². The number of Topliss-reactive ketones (excluding diaryl/α,β-unsaturated/α-hetero) is 1. The fourth-order valence-electron chi connectivity index (χ4n) is 2.10.